The molecule has 4 rings (SSSR count). The molecule has 4 heterocycles. The number of hydrogen-bond donors (Lipinski definition) is 2. The highest BCUT2D eigenvalue weighted by molar-refractivity contribution is 5.91. The third kappa shape index (κ3) is 3.69. The van der Waals surface area contributed by atoms with Gasteiger partial charge in [0, 0.05) is 31.6 Å². The molecule has 3 aromatic rings. The number of furan rings is 1. The molecule has 1 aliphatic heterocycles. The molecule has 1 saturated heterocycles. The topological polar surface area (TPSA) is 96.8 Å². The Morgan fingerprint density at radius 3 is 2.74 bits per heavy atom. The third-order valence-corrected chi connectivity index (χ3v) is 4.82. The van der Waals surface area contributed by atoms with Gasteiger partial charge in [-0.2, -0.15) is 0 Å². The molecule has 0 radical (unpaired) electrons. The summed E-state index contributed by atoms with van der Waals surface area (Å²) in [5, 5.41) is 17.7. The molecule has 0 amide bonds. The molecule has 8 heteroatoms. The van der Waals surface area contributed by atoms with E-state index in [0.717, 1.165) is 67.5 Å². The standard InChI is InChI=1S/C19H24N4O4/c1-12-17(13(2)27-22-12)16-10-14-9-15(11-24)26-18(14)19(21-16)20-3-4-23-5-7-25-8-6-23/h9-10,24H,3-8,11H2,1-2H3,(H,20,21). The fraction of sp³-hybridized carbons (Fsp3) is 0.474. The van der Waals surface area contributed by atoms with Gasteiger partial charge in [-0.3, -0.25) is 4.90 Å². The van der Waals surface area contributed by atoms with Gasteiger partial charge in [-0.1, -0.05) is 5.16 Å². The van der Waals surface area contributed by atoms with Crippen LogP contribution in [0.3, 0.4) is 0 Å². The van der Waals surface area contributed by atoms with Crippen molar-refractivity contribution in [3.63, 3.8) is 0 Å². The monoisotopic (exact) mass is 372 g/mol. The Kier molecular flexibility index (Phi) is 5.11. The largest absolute Gasteiger partial charge is 0.455 e. The number of nitrogens with one attached hydrogen (secondary N) is 1. The lowest BCUT2D eigenvalue weighted by Crippen LogP contribution is -2.39. The summed E-state index contributed by atoms with van der Waals surface area (Å²) in [4.78, 5) is 7.12. The molecule has 1 fully saturated rings. The van der Waals surface area contributed by atoms with E-state index < -0.39 is 0 Å². The van der Waals surface area contributed by atoms with E-state index in [-0.39, 0.29) is 6.61 Å². The van der Waals surface area contributed by atoms with Crippen LogP contribution in [0.2, 0.25) is 0 Å². The van der Waals surface area contributed by atoms with Gasteiger partial charge in [-0.25, -0.2) is 4.98 Å². The predicted molar refractivity (Wildman–Crippen MR) is 101 cm³/mol. The molecule has 0 unspecified atom stereocenters. The first kappa shape index (κ1) is 18.0. The fourth-order valence-electron chi connectivity index (χ4n) is 3.43. The Morgan fingerprint density at radius 1 is 1.22 bits per heavy atom. The number of ether oxygens (including phenoxy) is 1. The van der Waals surface area contributed by atoms with Crippen LogP contribution < -0.4 is 5.32 Å². The van der Waals surface area contributed by atoms with Crippen molar-refractivity contribution in [1.29, 1.82) is 0 Å². The van der Waals surface area contributed by atoms with E-state index >= 15 is 0 Å². The molecular weight excluding hydrogens is 348 g/mol. The van der Waals surface area contributed by atoms with Gasteiger partial charge in [0.25, 0.3) is 0 Å². The van der Waals surface area contributed by atoms with E-state index in [4.69, 9.17) is 18.7 Å². The van der Waals surface area contributed by atoms with Crippen LogP contribution in [0.5, 0.6) is 0 Å². The minimum absolute atomic E-state index is 0.150. The van der Waals surface area contributed by atoms with Crippen LogP contribution in [0.15, 0.2) is 21.1 Å². The Labute approximate surface area is 157 Å². The number of fused-ring (bicyclic) bond motifs is 1. The van der Waals surface area contributed by atoms with Gasteiger partial charge >= 0.3 is 0 Å². The average molecular weight is 372 g/mol. The zero-order valence-corrected chi connectivity index (χ0v) is 15.6. The molecule has 8 nitrogen and oxygen atoms in total. The molecule has 0 bridgehead atoms. The summed E-state index contributed by atoms with van der Waals surface area (Å²) in [6, 6.07) is 3.78. The molecule has 0 aliphatic carbocycles. The SMILES string of the molecule is Cc1noc(C)c1-c1cc2cc(CO)oc2c(NCCN2CCOCC2)n1. The van der Waals surface area contributed by atoms with E-state index in [1.165, 1.54) is 0 Å². The summed E-state index contributed by atoms with van der Waals surface area (Å²) in [6.07, 6.45) is 0. The first-order valence-corrected chi connectivity index (χ1v) is 9.17. The smallest absolute Gasteiger partial charge is 0.176 e. The number of hydrogen-bond acceptors (Lipinski definition) is 8. The van der Waals surface area contributed by atoms with Gasteiger partial charge in [-0.05, 0) is 26.0 Å². The lowest BCUT2D eigenvalue weighted by molar-refractivity contribution is 0.0398. The van der Waals surface area contributed by atoms with Crippen LogP contribution >= 0.6 is 0 Å². The normalized spacial score (nSPS) is 15.5. The average Bonchev–Trinajstić information content (AvgIpc) is 3.25. The van der Waals surface area contributed by atoms with Crippen LogP contribution in [0.25, 0.3) is 22.2 Å². The quantitative estimate of drug-likeness (QED) is 0.681. The lowest BCUT2D eigenvalue weighted by atomic mass is 10.1. The van der Waals surface area contributed by atoms with Crippen molar-refractivity contribution in [2.24, 2.45) is 0 Å². The molecule has 27 heavy (non-hydrogen) atoms. The van der Waals surface area contributed by atoms with E-state index in [9.17, 15) is 5.11 Å². The van der Waals surface area contributed by atoms with Crippen molar-refractivity contribution in [2.45, 2.75) is 20.5 Å². The Hall–Kier alpha value is -2.42. The van der Waals surface area contributed by atoms with E-state index in [2.05, 4.69) is 15.4 Å². The van der Waals surface area contributed by atoms with Gasteiger partial charge in [-0.15, -0.1) is 0 Å². The molecule has 0 spiro atoms. The molecule has 3 aromatic heterocycles. The summed E-state index contributed by atoms with van der Waals surface area (Å²) in [5.41, 5.74) is 3.11. The third-order valence-electron chi connectivity index (χ3n) is 4.82. The number of aliphatic hydroxyl groups is 1. The maximum absolute atomic E-state index is 9.44. The number of anilines is 1. The highest BCUT2D eigenvalue weighted by atomic mass is 16.5. The zero-order valence-electron chi connectivity index (χ0n) is 15.6. The van der Waals surface area contributed by atoms with Crippen LogP contribution in [0.4, 0.5) is 5.82 Å². The Balaban J connectivity index is 1.63. The summed E-state index contributed by atoms with van der Waals surface area (Å²) >= 11 is 0. The van der Waals surface area contributed by atoms with Crippen LogP contribution in [-0.4, -0.2) is 59.5 Å². The minimum Gasteiger partial charge on any atom is -0.455 e. The van der Waals surface area contributed by atoms with E-state index in [1.54, 1.807) is 0 Å². The molecule has 0 atom stereocenters. The van der Waals surface area contributed by atoms with Crippen molar-refractivity contribution in [3.8, 4) is 11.3 Å². The number of aryl methyl sites for hydroxylation is 2. The summed E-state index contributed by atoms with van der Waals surface area (Å²) < 4.78 is 16.5. The van der Waals surface area contributed by atoms with Crippen molar-refractivity contribution in [1.82, 2.24) is 15.0 Å². The van der Waals surface area contributed by atoms with Crippen molar-refractivity contribution in [2.75, 3.05) is 44.7 Å². The van der Waals surface area contributed by atoms with Gasteiger partial charge in [0.05, 0.1) is 30.2 Å². The number of morpholine rings is 1. The number of nitrogens with zero attached hydrogens (tertiary/aromatic N) is 3. The maximum Gasteiger partial charge on any atom is 0.176 e. The first-order valence-electron chi connectivity index (χ1n) is 9.17. The van der Waals surface area contributed by atoms with Gasteiger partial charge < -0.3 is 24.1 Å². The fourth-order valence-corrected chi connectivity index (χ4v) is 3.43. The summed E-state index contributed by atoms with van der Waals surface area (Å²) in [5.74, 6) is 1.90. The number of pyridine rings is 1. The van der Waals surface area contributed by atoms with E-state index in [0.29, 0.717) is 17.2 Å². The number of rotatable bonds is 6. The van der Waals surface area contributed by atoms with Gasteiger partial charge in [0.2, 0.25) is 0 Å². The molecule has 2 N–H and O–H groups in total. The van der Waals surface area contributed by atoms with Crippen LogP contribution in [0.1, 0.15) is 17.2 Å². The molecule has 144 valence electrons. The summed E-state index contributed by atoms with van der Waals surface area (Å²) in [7, 11) is 0. The Morgan fingerprint density at radius 2 is 2.04 bits per heavy atom. The summed E-state index contributed by atoms with van der Waals surface area (Å²) in [6.45, 7) is 8.71. The second-order valence-corrected chi connectivity index (χ2v) is 6.73. The van der Waals surface area contributed by atoms with Crippen molar-refractivity contribution in [3.05, 3.63) is 29.3 Å². The molecule has 0 saturated carbocycles. The highest BCUT2D eigenvalue weighted by Crippen LogP contribution is 2.33. The zero-order chi connectivity index (χ0) is 18.8. The number of aromatic nitrogens is 2. The predicted octanol–water partition coefficient (Wildman–Crippen LogP) is 2.34. The van der Waals surface area contributed by atoms with Crippen LogP contribution in [0, 0.1) is 13.8 Å². The van der Waals surface area contributed by atoms with Crippen molar-refractivity contribution < 1.29 is 18.8 Å². The Bertz CT molecular complexity index is 908. The van der Waals surface area contributed by atoms with Crippen LogP contribution in [-0.2, 0) is 11.3 Å². The number of aliphatic hydroxyl groups excluding tert-OH is 1. The highest BCUT2D eigenvalue weighted by Gasteiger charge is 2.18. The maximum atomic E-state index is 9.44. The first-order chi connectivity index (χ1) is 13.2. The van der Waals surface area contributed by atoms with Crippen molar-refractivity contribution >= 4 is 16.8 Å². The minimum atomic E-state index is -0.150. The second-order valence-electron chi connectivity index (χ2n) is 6.73. The van der Waals surface area contributed by atoms with Gasteiger partial charge in [0.1, 0.15) is 18.1 Å². The molecular formula is C19H24N4O4. The second kappa shape index (κ2) is 7.67. The lowest BCUT2D eigenvalue weighted by Gasteiger charge is -2.26. The molecule has 1 aliphatic rings. The molecule has 0 aromatic carbocycles. The van der Waals surface area contributed by atoms with Gasteiger partial charge in [0.15, 0.2) is 11.4 Å². The van der Waals surface area contributed by atoms with E-state index in [1.807, 2.05) is 26.0 Å².